The van der Waals surface area contributed by atoms with Gasteiger partial charge in [0.15, 0.2) is 22.4 Å². The number of fused-ring (bicyclic) bond motifs is 2. The van der Waals surface area contributed by atoms with Gasteiger partial charge in [0, 0.05) is 52.2 Å². The summed E-state index contributed by atoms with van der Waals surface area (Å²) in [6.07, 6.45) is -2.76. The van der Waals surface area contributed by atoms with E-state index in [9.17, 15) is 24.3 Å². The molecule has 2 aromatic rings. The third-order valence-electron chi connectivity index (χ3n) is 19.8. The molecule has 0 radical (unpaired) electrons. The molecule has 0 saturated carbocycles. The fourth-order valence-electron chi connectivity index (χ4n) is 12.7. The molecule has 8 aliphatic heterocycles. The van der Waals surface area contributed by atoms with Crippen molar-refractivity contribution in [3.05, 3.63) is 107 Å². The van der Waals surface area contributed by atoms with Crippen molar-refractivity contribution in [3.63, 3.8) is 0 Å². The van der Waals surface area contributed by atoms with Crippen molar-refractivity contribution in [2.75, 3.05) is 34.0 Å². The Morgan fingerprint density at radius 3 is 1.96 bits per heavy atom. The summed E-state index contributed by atoms with van der Waals surface area (Å²) in [5, 5.41) is 12.4. The molecular weight excluding hydrogens is 1170 g/mol. The first-order chi connectivity index (χ1) is 42.0. The highest BCUT2D eigenvalue weighted by molar-refractivity contribution is 6.74. The summed E-state index contributed by atoms with van der Waals surface area (Å²) in [5.41, 5.74) is 3.33. The molecule has 4 saturated heterocycles. The Hall–Kier alpha value is -4.56. The van der Waals surface area contributed by atoms with E-state index in [2.05, 4.69) is 74.3 Å². The van der Waals surface area contributed by atoms with Gasteiger partial charge in [-0.25, -0.2) is 14.4 Å². The Balaban J connectivity index is 1.14. The van der Waals surface area contributed by atoms with Gasteiger partial charge in [-0.2, -0.15) is 0 Å². The van der Waals surface area contributed by atoms with Crippen LogP contribution in [0.5, 0.6) is 0 Å². The molecule has 0 amide bonds. The molecule has 10 rings (SSSR count). The summed E-state index contributed by atoms with van der Waals surface area (Å²) in [4.78, 5) is 69.3. The van der Waals surface area contributed by atoms with Crippen molar-refractivity contribution in [3.8, 4) is 0 Å². The number of methoxy groups -OCH3 is 2. The molecule has 20 heteroatoms. The molecule has 0 aliphatic carbocycles. The van der Waals surface area contributed by atoms with Crippen molar-refractivity contribution < 1.29 is 85.3 Å². The summed E-state index contributed by atoms with van der Waals surface area (Å²) in [6, 6.07) is 17.1. The molecule has 8 aliphatic rings. The van der Waals surface area contributed by atoms with Crippen LogP contribution in [0.15, 0.2) is 96.1 Å². The number of aliphatic hydroxyl groups excluding tert-OH is 1. The van der Waals surface area contributed by atoms with Crippen LogP contribution in [-0.2, 0) is 70.6 Å². The van der Waals surface area contributed by atoms with E-state index in [4.69, 9.17) is 56.2 Å². The fourth-order valence-corrected chi connectivity index (χ4v) is 15.3. The topological polar surface area (TPSA) is 216 Å². The van der Waals surface area contributed by atoms with Gasteiger partial charge in [-0.05, 0) is 130 Å². The van der Waals surface area contributed by atoms with Gasteiger partial charge in [-0.1, -0.05) is 96.2 Å². The van der Waals surface area contributed by atoms with Crippen LogP contribution in [0.2, 0.25) is 36.3 Å². The number of esters is 3. The van der Waals surface area contributed by atoms with Crippen molar-refractivity contribution in [2.24, 2.45) is 5.92 Å². The largest absolute Gasteiger partial charge is 0.459 e. The number of allylic oxidation sites excluding steroid dienone is 1. The molecule has 18 nitrogen and oxygen atoms in total. The van der Waals surface area contributed by atoms with Crippen molar-refractivity contribution in [2.45, 2.75) is 253 Å². The zero-order chi connectivity index (χ0) is 64.6. The minimum Gasteiger partial charge on any atom is -0.459 e. The second-order valence-corrected chi connectivity index (χ2v) is 37.9. The van der Waals surface area contributed by atoms with Gasteiger partial charge in [-0.3, -0.25) is 9.59 Å². The second-order valence-electron chi connectivity index (χ2n) is 28.4. The highest BCUT2D eigenvalue weighted by Gasteiger charge is 2.56. The van der Waals surface area contributed by atoms with Gasteiger partial charge in [0.25, 0.3) is 0 Å². The Bertz CT molecular complexity index is 2810. The van der Waals surface area contributed by atoms with Crippen LogP contribution in [0.4, 0.5) is 0 Å². The highest BCUT2D eigenvalue weighted by Crippen LogP contribution is 2.46. The number of hydrogen-bond acceptors (Lipinski definition) is 18. The molecule has 0 aromatic heterocycles. The van der Waals surface area contributed by atoms with Crippen molar-refractivity contribution >= 4 is 46.1 Å². The quantitative estimate of drug-likeness (QED) is 0.0715. The minimum atomic E-state index is -2.66. The third kappa shape index (κ3) is 18.2. The summed E-state index contributed by atoms with van der Waals surface area (Å²) >= 11 is 0. The molecule has 4 fully saturated rings. The van der Waals surface area contributed by atoms with Gasteiger partial charge in [0.05, 0.1) is 72.2 Å². The van der Waals surface area contributed by atoms with E-state index >= 15 is 4.79 Å². The predicted octanol–water partition coefficient (Wildman–Crippen LogP) is 11.1. The number of Topliss-reactive ketones (excluding diaryl/α,β-unsaturated/α-hetero) is 1. The second kappa shape index (κ2) is 30.5. The number of hydrogen-bond donors (Lipinski definition) is 1. The van der Waals surface area contributed by atoms with Gasteiger partial charge in [-0.15, -0.1) is 0 Å². The normalized spacial score (nSPS) is 31.9. The Kier molecular flexibility index (Phi) is 24.1. The number of rotatable bonds is 16. The van der Waals surface area contributed by atoms with E-state index in [1.54, 1.807) is 73.8 Å². The van der Waals surface area contributed by atoms with Gasteiger partial charge in [0.2, 0.25) is 0 Å². The molecule has 2 aromatic carbocycles. The fraction of sp³-hybridized carbons (Fsp3) is 0.667. The molecular formula is C69H100O18Si2. The number of ketones is 2. The van der Waals surface area contributed by atoms with Crippen LogP contribution >= 0.6 is 0 Å². The van der Waals surface area contributed by atoms with E-state index in [0.29, 0.717) is 56.1 Å². The Morgan fingerprint density at radius 2 is 1.30 bits per heavy atom. The highest BCUT2D eigenvalue weighted by atomic mass is 28.4. The summed E-state index contributed by atoms with van der Waals surface area (Å²) in [5.74, 6) is -2.58. The molecule has 0 spiro atoms. The summed E-state index contributed by atoms with van der Waals surface area (Å²) in [7, 11) is -2.24. The van der Waals surface area contributed by atoms with E-state index in [0.717, 1.165) is 16.7 Å². The molecule has 8 heterocycles. The Labute approximate surface area is 529 Å². The first-order valence-electron chi connectivity index (χ1n) is 32.1. The minimum absolute atomic E-state index is 0.00323. The molecule has 492 valence electrons. The zero-order valence-corrected chi connectivity index (χ0v) is 56.9. The lowest BCUT2D eigenvalue weighted by molar-refractivity contribution is -0.269. The average Bonchev–Trinajstić information content (AvgIpc) is 1.16. The lowest BCUT2D eigenvalue weighted by atomic mass is 9.83. The predicted molar refractivity (Wildman–Crippen MR) is 339 cm³/mol. The zero-order valence-electron chi connectivity index (χ0n) is 54.9. The first-order valence-corrected chi connectivity index (χ1v) is 37.9. The van der Waals surface area contributed by atoms with E-state index in [1.807, 2.05) is 13.0 Å². The average molecular weight is 1270 g/mol. The van der Waals surface area contributed by atoms with Crippen LogP contribution in [0.3, 0.4) is 0 Å². The van der Waals surface area contributed by atoms with Crippen LogP contribution in [0.1, 0.15) is 146 Å². The van der Waals surface area contributed by atoms with Crippen LogP contribution < -0.4 is 0 Å². The maximum Gasteiger partial charge on any atom is 0.338 e. The maximum absolute atomic E-state index is 15.1. The van der Waals surface area contributed by atoms with Crippen molar-refractivity contribution in [1.29, 1.82) is 0 Å². The smallest absolute Gasteiger partial charge is 0.338 e. The summed E-state index contributed by atoms with van der Waals surface area (Å²) in [6.45, 7) is 27.3. The number of aliphatic hydroxyl groups is 1. The monoisotopic (exact) mass is 1270 g/mol. The number of carbonyl (C=O) groups excluding carboxylic acids is 5. The van der Waals surface area contributed by atoms with E-state index < -0.39 is 114 Å². The first kappa shape index (κ1) is 70.3. The van der Waals surface area contributed by atoms with E-state index in [-0.39, 0.29) is 91.9 Å². The number of benzene rings is 2. The lowest BCUT2D eigenvalue weighted by Crippen LogP contribution is -2.67. The van der Waals surface area contributed by atoms with E-state index in [1.165, 1.54) is 7.11 Å². The summed E-state index contributed by atoms with van der Waals surface area (Å²) < 4.78 is 78.6. The van der Waals surface area contributed by atoms with Gasteiger partial charge >= 0.3 is 17.9 Å². The van der Waals surface area contributed by atoms with Crippen LogP contribution in [0, 0.1) is 5.92 Å². The molecule has 1 N–H and O–H groups in total. The standard InChI is InChI=1S/C69H100O18Si2/c1-42-33-49-28-31-54-43(2)34-48(80-54)27-25-46(70)26-30-56(86-88(11,12)68(3,4)5)64-65(87-89(13,14)69(6,7)8)61(73)63-55(85-64)32-29-50(82-63)35-47(71)36-52-57(38-58(81-49)53(42)40-78-60(72)41-76-9)84-59(62(52)77-10)37-51(83-67(75)45-23-19-16-20-24-45)39-79-66(74)44-21-17-15-18-22-44/h15-24,26,30,48-52,54-59,61-65,73H,2,25,27-29,31-41H2,1,3-14H3/b30-26+/t48?,49?,50?,51-,52-,54?,55-,56?,57-,58?,59?,61-,62+,63-,64-,65?/m0/s1. The van der Waals surface area contributed by atoms with Crippen LogP contribution in [-0.4, -0.2) is 177 Å². The van der Waals surface area contributed by atoms with Gasteiger partial charge in [0.1, 0.15) is 56.1 Å². The molecule has 8 bridgehead atoms. The molecule has 8 unspecified atom stereocenters. The molecule has 89 heavy (non-hydrogen) atoms. The number of ether oxygens (including phenoxy) is 10. The van der Waals surface area contributed by atoms with Gasteiger partial charge < -0.3 is 61.3 Å². The molecule has 16 atom stereocenters. The lowest BCUT2D eigenvalue weighted by Gasteiger charge is -2.53. The van der Waals surface area contributed by atoms with Crippen LogP contribution in [0.25, 0.3) is 0 Å². The SMILES string of the molecule is C=C1CC2CCC(=O)/C=C/C(O[Si](C)(C)C(C)(C)C)[C@@H]3O[C@H]4CCC(CC(=O)C[C@H]5[C@H](CC6OC(CCC1O2)CC(C)=C6COC(=O)COC)OC(C[C@@H](COC(=O)c1ccccc1)OC(=O)c1ccccc1)[C@@H]5OC)O[C@@H]4[C@H](O)C3O[Si](C)(C)C(C)(C)C. The Morgan fingerprint density at radius 1 is 0.685 bits per heavy atom. The number of carbonyl (C=O) groups is 5. The maximum atomic E-state index is 15.1. The third-order valence-corrected chi connectivity index (χ3v) is 28.7. The van der Waals surface area contributed by atoms with Crippen molar-refractivity contribution in [1.82, 2.24) is 0 Å².